The quantitative estimate of drug-likeness (QED) is 0.879. The van der Waals surface area contributed by atoms with Gasteiger partial charge in [-0.2, -0.15) is 5.10 Å². The van der Waals surface area contributed by atoms with Gasteiger partial charge in [-0.05, 0) is 11.1 Å². The summed E-state index contributed by atoms with van der Waals surface area (Å²) in [5, 5.41) is 4.21. The summed E-state index contributed by atoms with van der Waals surface area (Å²) in [4.78, 5) is 12.0. The van der Waals surface area contributed by atoms with Gasteiger partial charge in [-0.15, -0.1) is 0 Å². The normalized spacial score (nSPS) is 20.5. The van der Waals surface area contributed by atoms with E-state index in [2.05, 4.69) is 10.5 Å². The van der Waals surface area contributed by atoms with Gasteiger partial charge >= 0.3 is 5.97 Å². The first-order valence-corrected chi connectivity index (χ1v) is 6.82. The van der Waals surface area contributed by atoms with Gasteiger partial charge < -0.3 is 10.2 Å². The van der Waals surface area contributed by atoms with Crippen molar-refractivity contribution in [3.63, 3.8) is 0 Å². The maximum atomic E-state index is 12.0. The first-order chi connectivity index (χ1) is 10.3. The Balaban J connectivity index is 2.01. The van der Waals surface area contributed by atoms with E-state index in [-0.39, 0.29) is 12.0 Å². The predicted octanol–water partition coefficient (Wildman–Crippen LogP) is 2.64. The Bertz CT molecular complexity index is 653. The lowest BCUT2D eigenvalue weighted by atomic mass is 9.85. The molecule has 2 aromatic carbocycles. The van der Waals surface area contributed by atoms with Crippen LogP contribution < -0.4 is 5.43 Å². The van der Waals surface area contributed by atoms with E-state index in [1.165, 1.54) is 7.11 Å². The molecule has 0 spiro atoms. The fraction of sp³-hybridized carbons (Fsp3) is 0.176. The van der Waals surface area contributed by atoms with Crippen LogP contribution in [0.5, 0.6) is 0 Å². The van der Waals surface area contributed by atoms with Gasteiger partial charge in [0.15, 0.2) is 5.71 Å². The lowest BCUT2D eigenvalue weighted by molar-refractivity contribution is -0.132. The fourth-order valence-corrected chi connectivity index (χ4v) is 2.66. The molecule has 2 aromatic rings. The summed E-state index contributed by atoms with van der Waals surface area (Å²) < 4.78 is 4.86. The minimum Gasteiger partial charge on any atom is -0.464 e. The zero-order valence-corrected chi connectivity index (χ0v) is 11.7. The third-order valence-corrected chi connectivity index (χ3v) is 3.66. The van der Waals surface area contributed by atoms with E-state index in [1.807, 2.05) is 60.7 Å². The maximum Gasteiger partial charge on any atom is 0.354 e. The molecule has 0 aromatic heterocycles. The minimum absolute atomic E-state index is 0.0669. The molecule has 0 saturated carbocycles. The summed E-state index contributed by atoms with van der Waals surface area (Å²) in [6.07, 6.45) is 0. The van der Waals surface area contributed by atoms with Gasteiger partial charge in [0.05, 0.1) is 19.1 Å². The molecule has 0 aliphatic carbocycles. The Morgan fingerprint density at radius 2 is 1.57 bits per heavy atom. The highest BCUT2D eigenvalue weighted by atomic mass is 16.5. The number of hydrazone groups is 1. The highest BCUT2D eigenvalue weighted by Crippen LogP contribution is 2.36. The molecule has 0 radical (unpaired) electrons. The zero-order chi connectivity index (χ0) is 14.7. The molecule has 0 bridgehead atoms. The van der Waals surface area contributed by atoms with Crippen molar-refractivity contribution in [2.45, 2.75) is 12.0 Å². The van der Waals surface area contributed by atoms with Crippen LogP contribution in [0.25, 0.3) is 0 Å². The summed E-state index contributed by atoms with van der Waals surface area (Å²) in [6.45, 7) is 0. The first-order valence-electron chi connectivity index (χ1n) is 6.82. The number of methoxy groups -OCH3 is 1. The molecule has 1 heterocycles. The van der Waals surface area contributed by atoms with Crippen LogP contribution in [-0.2, 0) is 9.53 Å². The van der Waals surface area contributed by atoms with Crippen molar-refractivity contribution in [3.8, 4) is 0 Å². The second-order valence-electron chi connectivity index (χ2n) is 4.89. The van der Waals surface area contributed by atoms with Gasteiger partial charge in [0.2, 0.25) is 0 Å². The molecule has 1 aliphatic rings. The monoisotopic (exact) mass is 280 g/mol. The Labute approximate surface area is 123 Å². The molecule has 0 fully saturated rings. The third kappa shape index (κ3) is 2.52. The topological polar surface area (TPSA) is 50.7 Å². The molecule has 0 saturated heterocycles. The molecule has 3 rings (SSSR count). The van der Waals surface area contributed by atoms with Gasteiger partial charge in [-0.1, -0.05) is 60.7 Å². The maximum absolute atomic E-state index is 12.0. The average Bonchev–Trinajstić information content (AvgIpc) is 3.00. The standard InChI is InChI=1S/C17H16N2O2/c1-21-17(20)16-14(12-8-4-2-5-9-12)15(18-19-16)13-10-6-3-7-11-13/h2-11,14-15,18H,1H3/t14-,15+/m0/s1. The van der Waals surface area contributed by atoms with E-state index >= 15 is 0 Å². The largest absolute Gasteiger partial charge is 0.464 e. The number of rotatable bonds is 3. The molecular weight excluding hydrogens is 264 g/mol. The Morgan fingerprint density at radius 3 is 2.14 bits per heavy atom. The van der Waals surface area contributed by atoms with Gasteiger partial charge in [-0.3, -0.25) is 0 Å². The van der Waals surface area contributed by atoms with Crippen LogP contribution in [0.3, 0.4) is 0 Å². The van der Waals surface area contributed by atoms with E-state index in [9.17, 15) is 4.79 Å². The van der Waals surface area contributed by atoms with E-state index in [4.69, 9.17) is 4.74 Å². The molecule has 0 unspecified atom stereocenters. The number of esters is 1. The number of carbonyl (C=O) groups excluding carboxylic acids is 1. The molecule has 1 N–H and O–H groups in total. The minimum atomic E-state index is -0.394. The van der Waals surface area contributed by atoms with Crippen LogP contribution in [0.2, 0.25) is 0 Å². The van der Waals surface area contributed by atoms with Crippen molar-refractivity contribution < 1.29 is 9.53 Å². The molecule has 1 aliphatic heterocycles. The molecular formula is C17H16N2O2. The molecule has 2 atom stereocenters. The van der Waals surface area contributed by atoms with E-state index in [1.54, 1.807) is 0 Å². The smallest absolute Gasteiger partial charge is 0.354 e. The van der Waals surface area contributed by atoms with Crippen LogP contribution in [0.1, 0.15) is 23.1 Å². The fourth-order valence-electron chi connectivity index (χ4n) is 2.66. The average molecular weight is 280 g/mol. The van der Waals surface area contributed by atoms with Crippen LogP contribution in [-0.4, -0.2) is 18.8 Å². The van der Waals surface area contributed by atoms with Crippen molar-refractivity contribution in [2.24, 2.45) is 5.10 Å². The second-order valence-corrected chi connectivity index (χ2v) is 4.89. The molecule has 106 valence electrons. The summed E-state index contributed by atoms with van der Waals surface area (Å²) >= 11 is 0. The second kappa shape index (κ2) is 5.79. The lowest BCUT2D eigenvalue weighted by Gasteiger charge is -2.20. The van der Waals surface area contributed by atoms with Gasteiger partial charge in [-0.25, -0.2) is 4.79 Å². The highest BCUT2D eigenvalue weighted by molar-refractivity contribution is 6.39. The predicted molar refractivity (Wildman–Crippen MR) is 81.0 cm³/mol. The van der Waals surface area contributed by atoms with Crippen molar-refractivity contribution >= 4 is 11.7 Å². The van der Waals surface area contributed by atoms with Crippen LogP contribution in [0.4, 0.5) is 0 Å². The molecule has 4 heteroatoms. The molecule has 0 amide bonds. The number of nitrogens with zero attached hydrogens (tertiary/aromatic N) is 1. The first kappa shape index (κ1) is 13.4. The third-order valence-electron chi connectivity index (χ3n) is 3.66. The van der Waals surface area contributed by atoms with Crippen LogP contribution in [0, 0.1) is 0 Å². The lowest BCUT2D eigenvalue weighted by Crippen LogP contribution is -2.25. The number of ether oxygens (including phenoxy) is 1. The summed E-state index contributed by atoms with van der Waals surface area (Å²) in [5.74, 6) is -0.546. The van der Waals surface area contributed by atoms with Crippen molar-refractivity contribution in [3.05, 3.63) is 71.8 Å². The van der Waals surface area contributed by atoms with Crippen molar-refractivity contribution in [1.82, 2.24) is 5.43 Å². The number of hydrogen-bond acceptors (Lipinski definition) is 4. The van der Waals surface area contributed by atoms with Gasteiger partial charge in [0.25, 0.3) is 0 Å². The molecule has 4 nitrogen and oxygen atoms in total. The number of carbonyl (C=O) groups is 1. The summed E-state index contributed by atoms with van der Waals surface area (Å²) in [5.41, 5.74) is 5.62. The summed E-state index contributed by atoms with van der Waals surface area (Å²) in [7, 11) is 1.38. The Kier molecular flexibility index (Phi) is 3.69. The highest BCUT2D eigenvalue weighted by Gasteiger charge is 2.38. The number of benzene rings is 2. The molecule has 21 heavy (non-hydrogen) atoms. The Hall–Kier alpha value is -2.62. The van der Waals surface area contributed by atoms with Crippen molar-refractivity contribution in [2.75, 3.05) is 7.11 Å². The van der Waals surface area contributed by atoms with Crippen LogP contribution >= 0.6 is 0 Å². The zero-order valence-electron chi connectivity index (χ0n) is 11.7. The number of hydrogen-bond donors (Lipinski definition) is 1. The van der Waals surface area contributed by atoms with E-state index in [0.29, 0.717) is 5.71 Å². The van der Waals surface area contributed by atoms with E-state index in [0.717, 1.165) is 11.1 Å². The van der Waals surface area contributed by atoms with E-state index < -0.39 is 5.97 Å². The van der Waals surface area contributed by atoms with Gasteiger partial charge in [0.1, 0.15) is 0 Å². The van der Waals surface area contributed by atoms with Gasteiger partial charge in [0, 0.05) is 0 Å². The summed E-state index contributed by atoms with van der Waals surface area (Å²) in [6, 6.07) is 19.8. The SMILES string of the molecule is COC(=O)C1=NN[C@H](c2ccccc2)[C@@H]1c1ccccc1. The number of nitrogens with one attached hydrogen (secondary N) is 1. The Morgan fingerprint density at radius 1 is 1.00 bits per heavy atom. The van der Waals surface area contributed by atoms with Crippen molar-refractivity contribution in [1.29, 1.82) is 0 Å². The van der Waals surface area contributed by atoms with Crippen LogP contribution in [0.15, 0.2) is 65.8 Å².